The lowest BCUT2D eigenvalue weighted by molar-refractivity contribution is -0.118. The highest BCUT2D eigenvalue weighted by atomic mass is 16.5. The highest BCUT2D eigenvalue weighted by molar-refractivity contribution is 5.97. The molecule has 0 unspecified atom stereocenters. The van der Waals surface area contributed by atoms with E-state index in [1.165, 1.54) is 0 Å². The molecule has 1 N–H and O–H groups in total. The van der Waals surface area contributed by atoms with E-state index in [0.29, 0.717) is 17.2 Å². The quantitative estimate of drug-likeness (QED) is 0.809. The van der Waals surface area contributed by atoms with E-state index in [-0.39, 0.29) is 18.4 Å². The van der Waals surface area contributed by atoms with Crippen LogP contribution in [0.3, 0.4) is 0 Å². The Morgan fingerprint density at radius 1 is 1.11 bits per heavy atom. The molecule has 5 nitrogen and oxygen atoms in total. The molecule has 1 fully saturated rings. The predicted octanol–water partition coefficient (Wildman–Crippen LogP) is 4.37. The Labute approximate surface area is 166 Å². The zero-order valence-electron chi connectivity index (χ0n) is 16.8. The summed E-state index contributed by atoms with van der Waals surface area (Å²) in [5, 5.41) is 2.83. The number of carbonyl (C=O) groups excluding carboxylic acids is 2. The molecule has 2 aromatic rings. The molecule has 1 heterocycles. The first-order valence-electron chi connectivity index (χ1n) is 9.86. The third-order valence-corrected chi connectivity index (χ3v) is 4.94. The van der Waals surface area contributed by atoms with E-state index in [4.69, 9.17) is 4.74 Å². The Hall–Kier alpha value is -2.82. The maximum Gasteiger partial charge on any atom is 0.262 e. The molecule has 0 aromatic heterocycles. The Balaban J connectivity index is 1.62. The predicted molar refractivity (Wildman–Crippen MR) is 111 cm³/mol. The van der Waals surface area contributed by atoms with Crippen molar-refractivity contribution in [1.29, 1.82) is 0 Å². The van der Waals surface area contributed by atoms with Crippen molar-refractivity contribution in [1.82, 2.24) is 4.90 Å². The van der Waals surface area contributed by atoms with E-state index in [1.807, 2.05) is 30.0 Å². The minimum absolute atomic E-state index is 0.0196. The second kappa shape index (κ2) is 8.91. The normalized spacial score (nSPS) is 13.6. The summed E-state index contributed by atoms with van der Waals surface area (Å²) in [6.07, 6.45) is 2.10. The van der Waals surface area contributed by atoms with Crippen LogP contribution >= 0.6 is 0 Å². The number of anilines is 1. The van der Waals surface area contributed by atoms with Crippen LogP contribution in [-0.2, 0) is 4.79 Å². The summed E-state index contributed by atoms with van der Waals surface area (Å²) in [6, 6.07) is 13.1. The molecule has 28 heavy (non-hydrogen) atoms. The van der Waals surface area contributed by atoms with Crippen molar-refractivity contribution in [3.63, 3.8) is 0 Å². The topological polar surface area (TPSA) is 58.6 Å². The number of carbonyl (C=O) groups is 2. The monoisotopic (exact) mass is 380 g/mol. The van der Waals surface area contributed by atoms with Crippen LogP contribution in [0, 0.1) is 6.92 Å². The molecule has 1 saturated heterocycles. The zero-order valence-corrected chi connectivity index (χ0v) is 16.8. The van der Waals surface area contributed by atoms with Crippen LogP contribution in [-0.4, -0.2) is 36.4 Å². The molecule has 0 spiro atoms. The zero-order chi connectivity index (χ0) is 20.1. The molecule has 1 aliphatic heterocycles. The fraction of sp³-hybridized carbons (Fsp3) is 0.391. The van der Waals surface area contributed by atoms with Gasteiger partial charge in [-0.25, -0.2) is 0 Å². The number of hydrogen-bond acceptors (Lipinski definition) is 3. The largest absolute Gasteiger partial charge is 0.483 e. The SMILES string of the molecule is Cc1ccc(C(C)C)c(OCC(=O)Nc2cccc(C(=O)N3CCCC3)c2)c1. The number of nitrogens with zero attached hydrogens (tertiary/aromatic N) is 1. The number of benzene rings is 2. The van der Waals surface area contributed by atoms with Gasteiger partial charge in [0, 0.05) is 24.3 Å². The summed E-state index contributed by atoms with van der Waals surface area (Å²) in [7, 11) is 0. The molecule has 0 atom stereocenters. The van der Waals surface area contributed by atoms with Crippen molar-refractivity contribution in [3.8, 4) is 5.75 Å². The first-order chi connectivity index (χ1) is 13.4. The molecule has 2 aromatic carbocycles. The lowest BCUT2D eigenvalue weighted by Gasteiger charge is -2.16. The molecule has 0 bridgehead atoms. The number of hydrogen-bond donors (Lipinski definition) is 1. The van der Waals surface area contributed by atoms with Crippen LogP contribution in [0.15, 0.2) is 42.5 Å². The number of nitrogens with one attached hydrogen (secondary N) is 1. The van der Waals surface area contributed by atoms with Crippen LogP contribution < -0.4 is 10.1 Å². The summed E-state index contributed by atoms with van der Waals surface area (Å²) in [5.41, 5.74) is 3.37. The van der Waals surface area contributed by atoms with Crippen molar-refractivity contribution >= 4 is 17.5 Å². The second-order valence-electron chi connectivity index (χ2n) is 7.61. The van der Waals surface area contributed by atoms with Gasteiger partial charge in [-0.2, -0.15) is 0 Å². The Morgan fingerprint density at radius 2 is 1.86 bits per heavy atom. The van der Waals surface area contributed by atoms with Gasteiger partial charge in [0.15, 0.2) is 6.61 Å². The first kappa shape index (κ1) is 19.9. The lowest BCUT2D eigenvalue weighted by Crippen LogP contribution is -2.27. The summed E-state index contributed by atoms with van der Waals surface area (Å²) in [6.45, 7) is 7.73. The number of amides is 2. The fourth-order valence-corrected chi connectivity index (χ4v) is 3.42. The van der Waals surface area contributed by atoms with Crippen molar-refractivity contribution < 1.29 is 14.3 Å². The van der Waals surface area contributed by atoms with Gasteiger partial charge in [-0.1, -0.05) is 32.0 Å². The third kappa shape index (κ3) is 4.91. The maximum atomic E-state index is 12.5. The second-order valence-corrected chi connectivity index (χ2v) is 7.61. The molecular formula is C23H28N2O3. The van der Waals surface area contributed by atoms with E-state index in [9.17, 15) is 9.59 Å². The number of likely N-dealkylation sites (tertiary alicyclic amines) is 1. The average Bonchev–Trinajstić information content (AvgIpc) is 3.20. The van der Waals surface area contributed by atoms with Gasteiger partial charge >= 0.3 is 0 Å². The molecule has 0 aliphatic carbocycles. The Kier molecular flexibility index (Phi) is 6.34. The molecule has 2 amide bonds. The molecule has 148 valence electrons. The number of rotatable bonds is 6. The van der Waals surface area contributed by atoms with Crippen molar-refractivity contribution in [2.24, 2.45) is 0 Å². The molecule has 1 aliphatic rings. The highest BCUT2D eigenvalue weighted by Gasteiger charge is 2.19. The average molecular weight is 380 g/mol. The Morgan fingerprint density at radius 3 is 2.57 bits per heavy atom. The van der Waals surface area contributed by atoms with Gasteiger partial charge in [-0.3, -0.25) is 9.59 Å². The van der Waals surface area contributed by atoms with Crippen LogP contribution in [0.25, 0.3) is 0 Å². The summed E-state index contributed by atoms with van der Waals surface area (Å²) < 4.78 is 5.79. The lowest BCUT2D eigenvalue weighted by atomic mass is 10.0. The van der Waals surface area contributed by atoms with Crippen molar-refractivity contribution in [2.75, 3.05) is 25.0 Å². The molecule has 5 heteroatoms. The van der Waals surface area contributed by atoms with E-state index in [1.54, 1.807) is 24.3 Å². The smallest absolute Gasteiger partial charge is 0.262 e. The van der Waals surface area contributed by atoms with Gasteiger partial charge in [0.05, 0.1) is 0 Å². The molecule has 0 radical (unpaired) electrons. The van der Waals surface area contributed by atoms with Crippen LogP contribution in [0.4, 0.5) is 5.69 Å². The highest BCUT2D eigenvalue weighted by Crippen LogP contribution is 2.27. The fourth-order valence-electron chi connectivity index (χ4n) is 3.42. The first-order valence-corrected chi connectivity index (χ1v) is 9.86. The molecular weight excluding hydrogens is 352 g/mol. The van der Waals surface area contributed by atoms with Gasteiger partial charge in [0.1, 0.15) is 5.75 Å². The molecule has 3 rings (SSSR count). The summed E-state index contributed by atoms with van der Waals surface area (Å²) >= 11 is 0. The van der Waals surface area contributed by atoms with E-state index in [2.05, 4.69) is 19.2 Å². The van der Waals surface area contributed by atoms with Gasteiger partial charge < -0.3 is 15.0 Å². The maximum absolute atomic E-state index is 12.5. The molecule has 0 saturated carbocycles. The summed E-state index contributed by atoms with van der Waals surface area (Å²) in [4.78, 5) is 26.7. The van der Waals surface area contributed by atoms with Crippen molar-refractivity contribution in [2.45, 2.75) is 39.5 Å². The van der Waals surface area contributed by atoms with Gasteiger partial charge in [-0.15, -0.1) is 0 Å². The standard InChI is InChI=1S/C23H28N2O3/c1-16(2)20-10-9-17(3)13-21(20)28-15-22(26)24-19-8-6-7-18(14-19)23(27)25-11-4-5-12-25/h6-10,13-14,16H,4-5,11-12,15H2,1-3H3,(H,24,26). The van der Waals surface area contributed by atoms with Crippen LogP contribution in [0.2, 0.25) is 0 Å². The van der Waals surface area contributed by atoms with Crippen LogP contribution in [0.1, 0.15) is 54.1 Å². The van der Waals surface area contributed by atoms with Crippen molar-refractivity contribution in [3.05, 3.63) is 59.2 Å². The van der Waals surface area contributed by atoms with Gasteiger partial charge in [0.2, 0.25) is 0 Å². The van der Waals surface area contributed by atoms with Crippen LogP contribution in [0.5, 0.6) is 5.75 Å². The number of aryl methyl sites for hydroxylation is 1. The van der Waals surface area contributed by atoms with E-state index in [0.717, 1.165) is 42.8 Å². The minimum atomic E-state index is -0.248. The van der Waals surface area contributed by atoms with Gasteiger partial charge in [-0.05, 0) is 61.1 Å². The van der Waals surface area contributed by atoms with Gasteiger partial charge in [0.25, 0.3) is 11.8 Å². The third-order valence-electron chi connectivity index (χ3n) is 4.94. The van der Waals surface area contributed by atoms with E-state index >= 15 is 0 Å². The Bertz CT molecular complexity index is 855. The van der Waals surface area contributed by atoms with E-state index < -0.39 is 0 Å². The minimum Gasteiger partial charge on any atom is -0.483 e. The number of ether oxygens (including phenoxy) is 1. The summed E-state index contributed by atoms with van der Waals surface area (Å²) in [5.74, 6) is 0.822.